The highest BCUT2D eigenvalue weighted by Crippen LogP contribution is 2.34. The molecular formula is C17H24N2O6S. The van der Waals surface area contributed by atoms with Crippen molar-refractivity contribution in [3.05, 3.63) is 18.0 Å². The number of aromatic nitrogens is 1. The van der Waals surface area contributed by atoms with Gasteiger partial charge in [0.1, 0.15) is 34.4 Å². The minimum atomic E-state index is -0.762. The van der Waals surface area contributed by atoms with Crippen molar-refractivity contribution in [1.82, 2.24) is 4.98 Å². The first kappa shape index (κ1) is 20.6. The van der Waals surface area contributed by atoms with Crippen LogP contribution in [-0.4, -0.2) is 77.0 Å². The monoisotopic (exact) mass is 384 g/mol. The molecule has 1 aliphatic heterocycles. The maximum absolute atomic E-state index is 11.7. The Bertz CT molecular complexity index is 654. The first-order valence-corrected chi connectivity index (χ1v) is 9.27. The topological polar surface area (TPSA) is 110 Å². The number of carbonyl (C=O) groups is 1. The van der Waals surface area contributed by atoms with E-state index in [2.05, 4.69) is 9.98 Å². The second-order valence-corrected chi connectivity index (χ2v) is 6.84. The summed E-state index contributed by atoms with van der Waals surface area (Å²) in [5, 5.41) is 19.3. The van der Waals surface area contributed by atoms with E-state index in [1.165, 1.54) is 30.9 Å². The Kier molecular flexibility index (Phi) is 7.83. The maximum atomic E-state index is 11.7. The number of aliphatic imine (C=N–C) groups is 1. The molecule has 144 valence electrons. The lowest BCUT2D eigenvalue weighted by atomic mass is 10.0. The number of pyridine rings is 1. The molecule has 8 nitrogen and oxygen atoms in total. The molecule has 2 heterocycles. The number of thioether (sulfide) groups is 1. The zero-order valence-electron chi connectivity index (χ0n) is 14.9. The Morgan fingerprint density at radius 3 is 2.58 bits per heavy atom. The van der Waals surface area contributed by atoms with Gasteiger partial charge in [0.25, 0.3) is 0 Å². The van der Waals surface area contributed by atoms with Gasteiger partial charge >= 0.3 is 0 Å². The zero-order valence-corrected chi connectivity index (χ0v) is 15.8. The van der Waals surface area contributed by atoms with Crippen molar-refractivity contribution in [3.63, 3.8) is 0 Å². The molecule has 2 N–H and O–H groups in total. The number of carbonyl (C=O) groups excluding carboxylic acids is 1. The molecule has 1 aromatic rings. The fraction of sp³-hybridized carbons (Fsp3) is 0.588. The SMILES string of the molecule is CC(=O)[C@@]1(C)CSC(c2ncc(OCCOCCOCCO)cc2O)=N1. The summed E-state index contributed by atoms with van der Waals surface area (Å²) in [4.78, 5) is 20.3. The van der Waals surface area contributed by atoms with Crippen molar-refractivity contribution in [2.45, 2.75) is 19.4 Å². The summed E-state index contributed by atoms with van der Waals surface area (Å²) in [6.07, 6.45) is 1.51. The van der Waals surface area contributed by atoms with Crippen molar-refractivity contribution in [2.24, 2.45) is 4.99 Å². The van der Waals surface area contributed by atoms with Crippen molar-refractivity contribution in [2.75, 3.05) is 45.4 Å². The van der Waals surface area contributed by atoms with Gasteiger partial charge in [-0.3, -0.25) is 9.79 Å². The van der Waals surface area contributed by atoms with Crippen LogP contribution in [0.5, 0.6) is 11.5 Å². The van der Waals surface area contributed by atoms with E-state index in [-0.39, 0.29) is 18.1 Å². The number of hydrogen-bond donors (Lipinski definition) is 2. The Morgan fingerprint density at radius 1 is 1.27 bits per heavy atom. The summed E-state index contributed by atoms with van der Waals surface area (Å²) >= 11 is 1.40. The van der Waals surface area contributed by atoms with Crippen molar-refractivity contribution in [1.29, 1.82) is 0 Å². The van der Waals surface area contributed by atoms with E-state index in [1.54, 1.807) is 6.92 Å². The summed E-state index contributed by atoms with van der Waals surface area (Å²) in [5.74, 6) is 0.904. The molecule has 0 bridgehead atoms. The van der Waals surface area contributed by atoms with Gasteiger partial charge in [0.2, 0.25) is 0 Å². The molecule has 0 fully saturated rings. The number of ketones is 1. The van der Waals surface area contributed by atoms with E-state index >= 15 is 0 Å². The molecule has 0 saturated carbocycles. The van der Waals surface area contributed by atoms with E-state index < -0.39 is 5.54 Å². The van der Waals surface area contributed by atoms with Gasteiger partial charge in [0, 0.05) is 11.8 Å². The van der Waals surface area contributed by atoms with Crippen LogP contribution in [0, 0.1) is 0 Å². The van der Waals surface area contributed by atoms with Crippen molar-refractivity contribution >= 4 is 22.6 Å². The quantitative estimate of drug-likeness (QED) is 0.545. The number of hydrogen-bond acceptors (Lipinski definition) is 9. The number of rotatable bonds is 11. The highest BCUT2D eigenvalue weighted by Gasteiger charge is 2.36. The molecule has 1 aromatic heterocycles. The van der Waals surface area contributed by atoms with Crippen LogP contribution in [0.3, 0.4) is 0 Å². The fourth-order valence-electron chi connectivity index (χ4n) is 2.08. The molecule has 0 aliphatic carbocycles. The minimum absolute atomic E-state index is 0.00544. The number of Topliss-reactive ketones (excluding diaryl/α,β-unsaturated/α-hetero) is 1. The van der Waals surface area contributed by atoms with Crippen LogP contribution in [0.4, 0.5) is 0 Å². The lowest BCUT2D eigenvalue weighted by molar-refractivity contribution is -0.120. The van der Waals surface area contributed by atoms with Crippen LogP contribution in [0.1, 0.15) is 19.5 Å². The van der Waals surface area contributed by atoms with Crippen LogP contribution in [-0.2, 0) is 14.3 Å². The van der Waals surface area contributed by atoms with Gasteiger partial charge in [0.05, 0.1) is 39.2 Å². The average molecular weight is 384 g/mol. The molecular weight excluding hydrogens is 360 g/mol. The Labute approximate surface area is 156 Å². The maximum Gasteiger partial charge on any atom is 0.157 e. The summed E-state index contributed by atoms with van der Waals surface area (Å²) in [5.41, 5.74) is -0.411. The lowest BCUT2D eigenvalue weighted by Gasteiger charge is -2.14. The van der Waals surface area contributed by atoms with Gasteiger partial charge in [-0.2, -0.15) is 0 Å². The number of aliphatic hydroxyl groups is 1. The largest absolute Gasteiger partial charge is 0.505 e. The van der Waals surface area contributed by atoms with E-state index in [0.717, 1.165) is 0 Å². The molecule has 0 spiro atoms. The Morgan fingerprint density at radius 2 is 1.96 bits per heavy atom. The number of ether oxygens (including phenoxy) is 3. The highest BCUT2D eigenvalue weighted by molar-refractivity contribution is 8.14. The Balaban J connectivity index is 1.82. The molecule has 1 aliphatic rings. The Hall–Kier alpha value is -1.68. The predicted octanol–water partition coefficient (Wildman–Crippen LogP) is 1.03. The van der Waals surface area contributed by atoms with Gasteiger partial charge in [0.15, 0.2) is 5.78 Å². The van der Waals surface area contributed by atoms with Crippen LogP contribution in [0.15, 0.2) is 17.3 Å². The normalized spacial score (nSPS) is 19.4. The molecule has 9 heteroatoms. The van der Waals surface area contributed by atoms with Gasteiger partial charge < -0.3 is 24.4 Å². The average Bonchev–Trinajstić information content (AvgIpc) is 3.01. The molecule has 26 heavy (non-hydrogen) atoms. The standard InChI is InChI=1S/C17H24N2O6S/c1-12(21)17(2)11-26-16(19-17)15-14(22)9-13(10-18-15)25-8-7-24-6-5-23-4-3-20/h9-10,20,22H,3-8,11H2,1-2H3/t17-/m1/s1. The number of aliphatic hydroxyl groups excluding tert-OH is 1. The first-order valence-electron chi connectivity index (χ1n) is 8.28. The zero-order chi connectivity index (χ0) is 19.0. The van der Waals surface area contributed by atoms with Crippen molar-refractivity contribution in [3.8, 4) is 11.5 Å². The van der Waals surface area contributed by atoms with E-state index in [4.69, 9.17) is 19.3 Å². The summed E-state index contributed by atoms with van der Waals surface area (Å²) in [6.45, 7) is 5.08. The molecule has 0 amide bonds. The van der Waals surface area contributed by atoms with Gasteiger partial charge in [-0.25, -0.2) is 4.98 Å². The van der Waals surface area contributed by atoms with Crippen molar-refractivity contribution < 1.29 is 29.2 Å². The molecule has 0 saturated heterocycles. The first-order chi connectivity index (χ1) is 12.5. The second kappa shape index (κ2) is 9.86. The van der Waals surface area contributed by atoms with Gasteiger partial charge in [-0.15, -0.1) is 11.8 Å². The molecule has 1 atom stereocenters. The molecule has 0 radical (unpaired) electrons. The summed E-state index contributed by atoms with van der Waals surface area (Å²) < 4.78 is 15.9. The molecule has 0 aromatic carbocycles. The molecule has 0 unspecified atom stereocenters. The fourth-order valence-corrected chi connectivity index (χ4v) is 3.33. The number of nitrogens with zero attached hydrogens (tertiary/aromatic N) is 2. The van der Waals surface area contributed by atoms with Gasteiger partial charge in [-0.05, 0) is 13.8 Å². The van der Waals surface area contributed by atoms with Crippen LogP contribution in [0.25, 0.3) is 0 Å². The highest BCUT2D eigenvalue weighted by atomic mass is 32.2. The van der Waals surface area contributed by atoms with E-state index in [1.807, 2.05) is 0 Å². The van der Waals surface area contributed by atoms with E-state index in [9.17, 15) is 9.90 Å². The summed E-state index contributed by atoms with van der Waals surface area (Å²) in [6, 6.07) is 1.47. The van der Waals surface area contributed by atoms with Crippen LogP contribution in [0.2, 0.25) is 0 Å². The van der Waals surface area contributed by atoms with Crippen LogP contribution < -0.4 is 4.74 Å². The predicted molar refractivity (Wildman–Crippen MR) is 98.2 cm³/mol. The third-order valence-corrected chi connectivity index (χ3v) is 5.01. The number of aromatic hydroxyl groups is 1. The minimum Gasteiger partial charge on any atom is -0.505 e. The third-order valence-electron chi connectivity index (χ3n) is 3.75. The smallest absolute Gasteiger partial charge is 0.157 e. The summed E-state index contributed by atoms with van der Waals surface area (Å²) in [7, 11) is 0. The third kappa shape index (κ3) is 5.66. The van der Waals surface area contributed by atoms with E-state index in [0.29, 0.717) is 55.3 Å². The van der Waals surface area contributed by atoms with Gasteiger partial charge in [-0.1, -0.05) is 0 Å². The molecule has 2 rings (SSSR count). The second-order valence-electron chi connectivity index (χ2n) is 5.87. The van der Waals surface area contributed by atoms with Crippen LogP contribution >= 0.6 is 11.8 Å². The lowest BCUT2D eigenvalue weighted by Crippen LogP contribution is -2.31.